The van der Waals surface area contributed by atoms with Crippen molar-refractivity contribution >= 4 is 17.2 Å². The minimum Gasteiger partial charge on any atom is -0.345 e. The molecule has 19 heavy (non-hydrogen) atoms. The average molecular weight is 285 g/mol. The smallest absolute Gasteiger partial charge is 0.307 e. The highest BCUT2D eigenvalue weighted by Gasteiger charge is 2.21. The molecule has 0 bridgehead atoms. The molecule has 6 heteroatoms. The highest BCUT2D eigenvalue weighted by Crippen LogP contribution is 2.14. The summed E-state index contributed by atoms with van der Waals surface area (Å²) in [7, 11) is 1.78. The molecule has 1 rings (SSSR count). The number of nitrogens with zero attached hydrogens (tertiary/aromatic N) is 2. The Kier molecular flexibility index (Phi) is 5.31. The topological polar surface area (TPSA) is 68.3 Å². The number of carbonyl (C=O) groups is 1. The normalized spacial score (nSPS) is 11.6. The molecule has 0 aliphatic heterocycles. The van der Waals surface area contributed by atoms with Crippen LogP contribution < -0.4 is 10.6 Å². The van der Waals surface area contributed by atoms with Crippen molar-refractivity contribution in [2.75, 3.05) is 20.1 Å². The Hall–Kier alpha value is -1.14. The largest absolute Gasteiger partial charge is 0.345 e. The predicted molar refractivity (Wildman–Crippen MR) is 78.4 cm³/mol. The third-order valence-electron chi connectivity index (χ3n) is 3.17. The van der Waals surface area contributed by atoms with Crippen LogP contribution in [0.5, 0.6) is 0 Å². The zero-order valence-corrected chi connectivity index (χ0v) is 12.9. The third kappa shape index (κ3) is 4.47. The Bertz CT molecular complexity index is 490. The predicted octanol–water partition coefficient (Wildman–Crippen LogP) is 1.05. The van der Waals surface area contributed by atoms with Gasteiger partial charge in [0.1, 0.15) is 0 Å². The van der Waals surface area contributed by atoms with E-state index >= 15 is 0 Å². The van der Waals surface area contributed by atoms with Crippen molar-refractivity contribution in [2.24, 2.45) is 11.1 Å². The van der Waals surface area contributed by atoms with Gasteiger partial charge in [-0.2, -0.15) is 0 Å². The second-order valence-electron chi connectivity index (χ2n) is 5.66. The van der Waals surface area contributed by atoms with E-state index in [4.69, 9.17) is 5.73 Å². The van der Waals surface area contributed by atoms with E-state index < -0.39 is 0 Å². The lowest BCUT2D eigenvalue weighted by molar-refractivity contribution is -0.131. The van der Waals surface area contributed by atoms with E-state index in [-0.39, 0.29) is 16.2 Å². The van der Waals surface area contributed by atoms with Crippen LogP contribution in [-0.2, 0) is 11.3 Å². The molecule has 0 unspecified atom stereocenters. The molecule has 0 fully saturated rings. The van der Waals surface area contributed by atoms with Gasteiger partial charge in [-0.05, 0) is 18.9 Å². The van der Waals surface area contributed by atoms with Gasteiger partial charge in [0, 0.05) is 37.6 Å². The highest BCUT2D eigenvalue weighted by atomic mass is 32.1. The molecular formula is C13H23N3O2S. The maximum Gasteiger partial charge on any atom is 0.307 e. The maximum absolute atomic E-state index is 12.0. The van der Waals surface area contributed by atoms with Crippen molar-refractivity contribution in [3.63, 3.8) is 0 Å². The standard InChI is InChI=1S/C13H23N3O2S/c1-10-7-19-12(18)16(10)6-5-11(17)15(4)9-13(2,3)8-14/h7H,5-6,8-9,14H2,1-4H3. The van der Waals surface area contributed by atoms with Crippen LogP contribution in [-0.4, -0.2) is 35.5 Å². The molecule has 0 aliphatic rings. The van der Waals surface area contributed by atoms with E-state index in [2.05, 4.69) is 0 Å². The molecule has 0 spiro atoms. The monoisotopic (exact) mass is 285 g/mol. The third-order valence-corrected chi connectivity index (χ3v) is 4.05. The van der Waals surface area contributed by atoms with E-state index in [0.717, 1.165) is 5.69 Å². The van der Waals surface area contributed by atoms with Crippen molar-refractivity contribution in [3.8, 4) is 0 Å². The highest BCUT2D eigenvalue weighted by molar-refractivity contribution is 7.07. The average Bonchev–Trinajstić information content (AvgIpc) is 2.65. The van der Waals surface area contributed by atoms with Crippen LogP contribution in [0.15, 0.2) is 10.2 Å². The number of thiazole rings is 1. The number of rotatable bonds is 6. The fourth-order valence-electron chi connectivity index (χ4n) is 1.87. The lowest BCUT2D eigenvalue weighted by atomic mass is 9.93. The second-order valence-corrected chi connectivity index (χ2v) is 6.48. The second kappa shape index (κ2) is 6.34. The molecule has 0 aliphatic carbocycles. The Morgan fingerprint density at radius 1 is 1.53 bits per heavy atom. The number of hydrogen-bond acceptors (Lipinski definition) is 4. The number of carbonyl (C=O) groups excluding carboxylic acids is 1. The van der Waals surface area contributed by atoms with Crippen LogP contribution in [0.4, 0.5) is 0 Å². The van der Waals surface area contributed by atoms with Crippen LogP contribution in [0.25, 0.3) is 0 Å². The fourth-order valence-corrected chi connectivity index (χ4v) is 2.63. The van der Waals surface area contributed by atoms with Gasteiger partial charge in [0.25, 0.3) is 0 Å². The summed E-state index contributed by atoms with van der Waals surface area (Å²) in [6.07, 6.45) is 0.342. The number of aryl methyl sites for hydroxylation is 1. The van der Waals surface area contributed by atoms with Gasteiger partial charge < -0.3 is 15.2 Å². The van der Waals surface area contributed by atoms with Crippen molar-refractivity contribution in [3.05, 3.63) is 20.7 Å². The van der Waals surface area contributed by atoms with Crippen molar-refractivity contribution in [2.45, 2.75) is 33.7 Å². The number of hydrogen-bond donors (Lipinski definition) is 1. The number of aromatic nitrogens is 1. The molecule has 0 aromatic carbocycles. The van der Waals surface area contributed by atoms with Crippen LogP contribution in [0.2, 0.25) is 0 Å². The number of nitrogens with two attached hydrogens (primary N) is 1. The maximum atomic E-state index is 12.0. The molecule has 5 nitrogen and oxygen atoms in total. The Morgan fingerprint density at radius 3 is 2.63 bits per heavy atom. The van der Waals surface area contributed by atoms with E-state index in [1.807, 2.05) is 26.2 Å². The van der Waals surface area contributed by atoms with Crippen LogP contribution in [0.3, 0.4) is 0 Å². The van der Waals surface area contributed by atoms with E-state index in [1.165, 1.54) is 11.3 Å². The van der Waals surface area contributed by atoms with Crippen LogP contribution >= 0.6 is 11.3 Å². The summed E-state index contributed by atoms with van der Waals surface area (Å²) >= 11 is 1.17. The summed E-state index contributed by atoms with van der Waals surface area (Å²) in [5, 5.41) is 1.81. The van der Waals surface area contributed by atoms with Gasteiger partial charge >= 0.3 is 4.87 Å². The lowest BCUT2D eigenvalue weighted by Crippen LogP contribution is -2.40. The van der Waals surface area contributed by atoms with Crippen LogP contribution in [0, 0.1) is 12.3 Å². The molecule has 0 atom stereocenters. The Balaban J connectivity index is 2.54. The first kappa shape index (κ1) is 15.9. The minimum absolute atomic E-state index is 0.00441. The molecule has 108 valence electrons. The zero-order chi connectivity index (χ0) is 14.6. The first-order chi connectivity index (χ1) is 8.76. The van der Waals surface area contributed by atoms with Crippen molar-refractivity contribution < 1.29 is 4.79 Å². The molecule has 1 aromatic rings. The summed E-state index contributed by atoms with van der Waals surface area (Å²) < 4.78 is 1.64. The summed E-state index contributed by atoms with van der Waals surface area (Å²) in [6, 6.07) is 0. The van der Waals surface area contributed by atoms with Crippen molar-refractivity contribution in [1.29, 1.82) is 0 Å². The Labute approximate surface area is 118 Å². The molecule has 0 saturated carbocycles. The molecule has 1 aromatic heterocycles. The number of amides is 1. The van der Waals surface area contributed by atoms with Gasteiger partial charge in [-0.25, -0.2) is 0 Å². The van der Waals surface area contributed by atoms with Gasteiger partial charge in [-0.15, -0.1) is 0 Å². The summed E-state index contributed by atoms with van der Waals surface area (Å²) in [6.45, 7) is 7.55. The van der Waals surface area contributed by atoms with Gasteiger partial charge in [-0.1, -0.05) is 25.2 Å². The van der Waals surface area contributed by atoms with Crippen molar-refractivity contribution in [1.82, 2.24) is 9.47 Å². The van der Waals surface area contributed by atoms with E-state index in [9.17, 15) is 9.59 Å². The SMILES string of the molecule is Cc1csc(=O)n1CCC(=O)N(C)CC(C)(C)CN. The molecular weight excluding hydrogens is 262 g/mol. The lowest BCUT2D eigenvalue weighted by Gasteiger charge is -2.29. The molecule has 1 heterocycles. The molecule has 0 radical (unpaired) electrons. The molecule has 1 amide bonds. The van der Waals surface area contributed by atoms with Crippen LogP contribution in [0.1, 0.15) is 26.0 Å². The summed E-state index contributed by atoms with van der Waals surface area (Å²) in [4.78, 5) is 25.3. The zero-order valence-electron chi connectivity index (χ0n) is 12.1. The first-order valence-electron chi connectivity index (χ1n) is 6.36. The molecule has 0 saturated heterocycles. The van der Waals surface area contributed by atoms with Gasteiger partial charge in [0.2, 0.25) is 5.91 Å². The first-order valence-corrected chi connectivity index (χ1v) is 7.24. The summed E-state index contributed by atoms with van der Waals surface area (Å²) in [5.74, 6) is 0.0408. The molecule has 2 N–H and O–H groups in total. The van der Waals surface area contributed by atoms with E-state index in [0.29, 0.717) is 26.1 Å². The van der Waals surface area contributed by atoms with E-state index in [1.54, 1.807) is 16.5 Å². The minimum atomic E-state index is -0.0838. The summed E-state index contributed by atoms with van der Waals surface area (Å²) in [5.41, 5.74) is 6.49. The van der Waals surface area contributed by atoms with Gasteiger partial charge in [0.05, 0.1) is 0 Å². The van der Waals surface area contributed by atoms with Gasteiger partial charge in [0.15, 0.2) is 0 Å². The quantitative estimate of drug-likeness (QED) is 0.849. The fraction of sp³-hybridized carbons (Fsp3) is 0.692. The van der Waals surface area contributed by atoms with Gasteiger partial charge in [-0.3, -0.25) is 9.59 Å². The Morgan fingerprint density at radius 2 is 2.16 bits per heavy atom.